The molecular formula is C17H14ClN5O2S. The van der Waals surface area contributed by atoms with Gasteiger partial charge in [-0.3, -0.25) is 25.0 Å². The minimum Gasteiger partial charge on any atom is -0.331 e. The van der Waals surface area contributed by atoms with Crippen LogP contribution in [0.25, 0.3) is 10.9 Å². The van der Waals surface area contributed by atoms with E-state index in [0.717, 1.165) is 5.69 Å². The lowest BCUT2D eigenvalue weighted by atomic mass is 10.2. The Morgan fingerprint density at radius 1 is 1.12 bits per heavy atom. The summed E-state index contributed by atoms with van der Waals surface area (Å²) in [7, 11) is 0. The van der Waals surface area contributed by atoms with Gasteiger partial charge in [-0.2, -0.15) is 0 Å². The van der Waals surface area contributed by atoms with Gasteiger partial charge in [0, 0.05) is 10.7 Å². The molecule has 3 rings (SSSR count). The van der Waals surface area contributed by atoms with E-state index >= 15 is 0 Å². The number of nitrogens with one attached hydrogen (secondary N) is 3. The SMILES string of the molecule is O=C(Cn1cnc2ccccc2c1=O)NNC(=S)Nc1ccc(Cl)cc1. The first kappa shape index (κ1) is 17.8. The first-order valence-electron chi connectivity index (χ1n) is 7.58. The molecule has 0 spiro atoms. The Labute approximate surface area is 159 Å². The number of thiocarbonyl (C=S) groups is 1. The number of amides is 1. The summed E-state index contributed by atoms with van der Waals surface area (Å²) in [6.07, 6.45) is 1.34. The van der Waals surface area contributed by atoms with E-state index in [1.807, 2.05) is 0 Å². The van der Waals surface area contributed by atoms with E-state index in [9.17, 15) is 9.59 Å². The number of rotatable bonds is 3. The van der Waals surface area contributed by atoms with Crippen LogP contribution in [0.3, 0.4) is 0 Å². The second kappa shape index (κ2) is 7.94. The van der Waals surface area contributed by atoms with E-state index in [0.29, 0.717) is 15.9 Å². The smallest absolute Gasteiger partial charge is 0.261 e. The van der Waals surface area contributed by atoms with Gasteiger partial charge in [0.25, 0.3) is 11.5 Å². The molecule has 132 valence electrons. The van der Waals surface area contributed by atoms with Crippen LogP contribution in [0.1, 0.15) is 0 Å². The van der Waals surface area contributed by atoms with Gasteiger partial charge in [0.2, 0.25) is 0 Å². The third-order valence-electron chi connectivity index (χ3n) is 3.46. The van der Waals surface area contributed by atoms with Gasteiger partial charge in [0.1, 0.15) is 6.54 Å². The molecule has 26 heavy (non-hydrogen) atoms. The lowest BCUT2D eigenvalue weighted by Crippen LogP contribution is -2.45. The van der Waals surface area contributed by atoms with Crippen LogP contribution in [0, 0.1) is 0 Å². The van der Waals surface area contributed by atoms with Crippen molar-refractivity contribution >= 4 is 51.4 Å². The van der Waals surface area contributed by atoms with Gasteiger partial charge in [0.05, 0.1) is 17.2 Å². The van der Waals surface area contributed by atoms with Crippen LogP contribution in [0.4, 0.5) is 5.69 Å². The molecule has 1 amide bonds. The normalized spacial score (nSPS) is 10.3. The quantitative estimate of drug-likeness (QED) is 0.471. The molecule has 7 nitrogen and oxygen atoms in total. The average Bonchev–Trinajstić information content (AvgIpc) is 2.64. The Morgan fingerprint density at radius 2 is 1.85 bits per heavy atom. The van der Waals surface area contributed by atoms with E-state index in [2.05, 4.69) is 21.2 Å². The highest BCUT2D eigenvalue weighted by molar-refractivity contribution is 7.80. The molecule has 1 heterocycles. The number of aromatic nitrogens is 2. The maximum absolute atomic E-state index is 12.3. The summed E-state index contributed by atoms with van der Waals surface area (Å²) in [5, 5.41) is 4.15. The Bertz CT molecular complexity index is 1020. The number of nitrogens with zero attached hydrogens (tertiary/aromatic N) is 2. The highest BCUT2D eigenvalue weighted by Gasteiger charge is 2.08. The molecule has 0 saturated heterocycles. The molecule has 0 unspecified atom stereocenters. The minimum atomic E-state index is -0.440. The summed E-state index contributed by atoms with van der Waals surface area (Å²) in [6, 6.07) is 13.9. The number of hydrogen-bond acceptors (Lipinski definition) is 4. The van der Waals surface area contributed by atoms with Gasteiger partial charge in [-0.1, -0.05) is 23.7 Å². The van der Waals surface area contributed by atoms with Crippen LogP contribution in [-0.4, -0.2) is 20.6 Å². The van der Waals surface area contributed by atoms with Gasteiger partial charge < -0.3 is 5.32 Å². The maximum atomic E-state index is 12.3. The number of halogens is 1. The number of benzene rings is 2. The van der Waals surface area contributed by atoms with Crippen molar-refractivity contribution in [3.8, 4) is 0 Å². The predicted molar refractivity (Wildman–Crippen MR) is 105 cm³/mol. The number of anilines is 1. The summed E-state index contributed by atoms with van der Waals surface area (Å²) in [5.74, 6) is -0.440. The van der Waals surface area contributed by atoms with E-state index in [4.69, 9.17) is 23.8 Å². The minimum absolute atomic E-state index is 0.187. The maximum Gasteiger partial charge on any atom is 0.261 e. The lowest BCUT2D eigenvalue weighted by molar-refractivity contribution is -0.122. The second-order valence-corrected chi connectivity index (χ2v) is 6.17. The standard InChI is InChI=1S/C17H14ClN5O2S/c18-11-5-7-12(8-6-11)20-17(26)22-21-15(24)9-23-10-19-14-4-2-1-3-13(14)16(23)25/h1-8,10H,9H2,(H,21,24)(H2,20,22,26). The highest BCUT2D eigenvalue weighted by atomic mass is 35.5. The van der Waals surface area contributed by atoms with Crippen molar-refractivity contribution in [2.45, 2.75) is 6.54 Å². The van der Waals surface area contributed by atoms with E-state index in [1.54, 1.807) is 48.5 Å². The Balaban J connectivity index is 1.57. The van der Waals surface area contributed by atoms with Crippen LogP contribution < -0.4 is 21.7 Å². The molecule has 0 aliphatic carbocycles. The largest absolute Gasteiger partial charge is 0.331 e. The summed E-state index contributed by atoms with van der Waals surface area (Å²) < 4.78 is 1.23. The molecule has 0 aliphatic rings. The van der Waals surface area contributed by atoms with Gasteiger partial charge in [-0.15, -0.1) is 0 Å². The third-order valence-corrected chi connectivity index (χ3v) is 3.92. The van der Waals surface area contributed by atoms with Gasteiger partial charge in [-0.25, -0.2) is 4.98 Å². The van der Waals surface area contributed by atoms with Crippen LogP contribution in [0.5, 0.6) is 0 Å². The van der Waals surface area contributed by atoms with Crippen molar-refractivity contribution in [1.29, 1.82) is 0 Å². The highest BCUT2D eigenvalue weighted by Crippen LogP contribution is 2.13. The number of fused-ring (bicyclic) bond motifs is 1. The van der Waals surface area contributed by atoms with Crippen molar-refractivity contribution in [1.82, 2.24) is 20.4 Å². The molecule has 0 radical (unpaired) electrons. The fourth-order valence-corrected chi connectivity index (χ4v) is 2.53. The molecule has 0 saturated carbocycles. The van der Waals surface area contributed by atoms with Crippen molar-refractivity contribution in [2.24, 2.45) is 0 Å². The molecule has 0 aliphatic heterocycles. The number of carbonyl (C=O) groups is 1. The first-order valence-corrected chi connectivity index (χ1v) is 8.37. The van der Waals surface area contributed by atoms with Crippen molar-refractivity contribution < 1.29 is 4.79 Å². The fraction of sp³-hybridized carbons (Fsp3) is 0.0588. The monoisotopic (exact) mass is 387 g/mol. The van der Waals surface area contributed by atoms with E-state index < -0.39 is 5.91 Å². The molecule has 3 N–H and O–H groups in total. The number of hydrogen-bond donors (Lipinski definition) is 3. The lowest BCUT2D eigenvalue weighted by Gasteiger charge is -2.12. The summed E-state index contributed by atoms with van der Waals surface area (Å²) in [6.45, 7) is -0.187. The molecule has 1 aromatic heterocycles. The van der Waals surface area contributed by atoms with Crippen molar-refractivity contribution in [3.05, 3.63) is 70.2 Å². The zero-order valence-electron chi connectivity index (χ0n) is 13.4. The molecule has 0 bridgehead atoms. The second-order valence-electron chi connectivity index (χ2n) is 5.33. The molecular weight excluding hydrogens is 374 g/mol. The van der Waals surface area contributed by atoms with Gasteiger partial charge in [0.15, 0.2) is 5.11 Å². The zero-order chi connectivity index (χ0) is 18.5. The van der Waals surface area contributed by atoms with Gasteiger partial charge in [-0.05, 0) is 48.6 Å². The average molecular weight is 388 g/mol. The Morgan fingerprint density at radius 3 is 2.62 bits per heavy atom. The van der Waals surface area contributed by atoms with Crippen molar-refractivity contribution in [2.75, 3.05) is 5.32 Å². The first-order chi connectivity index (χ1) is 12.5. The molecule has 2 aromatic carbocycles. The number of para-hydroxylation sites is 1. The Kier molecular flexibility index (Phi) is 5.45. The number of hydrazine groups is 1. The van der Waals surface area contributed by atoms with E-state index in [-0.39, 0.29) is 17.2 Å². The van der Waals surface area contributed by atoms with Crippen LogP contribution >= 0.6 is 23.8 Å². The predicted octanol–water partition coefficient (Wildman–Crippen LogP) is 2.07. The fourth-order valence-electron chi connectivity index (χ4n) is 2.24. The Hall–Kier alpha value is -2.97. The molecule has 9 heteroatoms. The molecule has 0 atom stereocenters. The summed E-state index contributed by atoms with van der Waals surface area (Å²) >= 11 is 10.9. The topological polar surface area (TPSA) is 88.0 Å². The van der Waals surface area contributed by atoms with Gasteiger partial charge >= 0.3 is 0 Å². The number of carbonyl (C=O) groups excluding carboxylic acids is 1. The molecule has 0 fully saturated rings. The molecule has 3 aromatic rings. The van der Waals surface area contributed by atoms with Crippen LogP contribution in [-0.2, 0) is 11.3 Å². The summed E-state index contributed by atoms with van der Waals surface area (Å²) in [4.78, 5) is 28.5. The van der Waals surface area contributed by atoms with E-state index in [1.165, 1.54) is 10.9 Å². The van der Waals surface area contributed by atoms with Crippen LogP contribution in [0.15, 0.2) is 59.7 Å². The third kappa shape index (κ3) is 4.35. The summed E-state index contributed by atoms with van der Waals surface area (Å²) in [5.41, 5.74) is 6.02. The van der Waals surface area contributed by atoms with Crippen molar-refractivity contribution in [3.63, 3.8) is 0 Å². The van der Waals surface area contributed by atoms with Crippen LogP contribution in [0.2, 0.25) is 5.02 Å². The zero-order valence-corrected chi connectivity index (χ0v) is 15.0.